The van der Waals surface area contributed by atoms with E-state index in [1.165, 1.54) is 4.68 Å². The normalized spacial score (nSPS) is 15.9. The molecule has 0 aliphatic carbocycles. The molecule has 1 aromatic rings. The van der Waals surface area contributed by atoms with Crippen LogP contribution in [0.2, 0.25) is 0 Å². The van der Waals surface area contributed by atoms with Gasteiger partial charge in [0.05, 0.1) is 6.07 Å². The largest absolute Gasteiger partial charge is 0.364 e. The average Bonchev–Trinajstić information content (AvgIpc) is 2.72. The molecule has 1 saturated heterocycles. The second kappa shape index (κ2) is 4.57. The van der Waals surface area contributed by atoms with Crippen molar-refractivity contribution in [2.75, 3.05) is 13.1 Å². The molecule has 17 heavy (non-hydrogen) atoms. The molecule has 1 aromatic heterocycles. The van der Waals surface area contributed by atoms with Crippen LogP contribution in [-0.2, 0) is 7.05 Å². The van der Waals surface area contributed by atoms with Crippen molar-refractivity contribution >= 4 is 11.8 Å². The molecular formula is C11H15N4O2. The zero-order valence-electron chi connectivity index (χ0n) is 9.77. The van der Waals surface area contributed by atoms with Crippen molar-refractivity contribution < 1.29 is 9.59 Å². The first-order valence-corrected chi connectivity index (χ1v) is 5.65. The zero-order chi connectivity index (χ0) is 12.4. The first-order chi connectivity index (χ1) is 8.09. The van der Waals surface area contributed by atoms with E-state index in [4.69, 9.17) is 5.73 Å². The zero-order valence-corrected chi connectivity index (χ0v) is 9.77. The Morgan fingerprint density at radius 3 is 2.47 bits per heavy atom. The fraction of sp³-hybridized carbons (Fsp3) is 0.545. The molecule has 6 nitrogen and oxygen atoms in total. The van der Waals surface area contributed by atoms with Gasteiger partial charge < -0.3 is 10.6 Å². The van der Waals surface area contributed by atoms with Crippen LogP contribution in [0.5, 0.6) is 0 Å². The number of piperidine rings is 1. The molecule has 1 aliphatic heterocycles. The maximum atomic E-state index is 12.1. The molecule has 0 bridgehead atoms. The third-order valence-corrected chi connectivity index (χ3v) is 2.89. The monoisotopic (exact) mass is 235 g/mol. The fourth-order valence-corrected chi connectivity index (χ4v) is 1.97. The molecule has 0 spiro atoms. The minimum atomic E-state index is -0.668. The summed E-state index contributed by atoms with van der Waals surface area (Å²) < 4.78 is 1.36. The van der Waals surface area contributed by atoms with Gasteiger partial charge in [-0.1, -0.05) is 0 Å². The Balaban J connectivity index is 2.20. The predicted octanol–water partition coefficient (Wildman–Crippen LogP) is -0.0547. The van der Waals surface area contributed by atoms with Crippen LogP contribution in [0.4, 0.5) is 0 Å². The van der Waals surface area contributed by atoms with Crippen LogP contribution in [0, 0.1) is 6.07 Å². The summed E-state index contributed by atoms with van der Waals surface area (Å²) in [6, 6.07) is 2.66. The van der Waals surface area contributed by atoms with Gasteiger partial charge in [-0.2, -0.15) is 5.10 Å². The first-order valence-electron chi connectivity index (χ1n) is 5.65. The third kappa shape index (κ3) is 2.30. The van der Waals surface area contributed by atoms with Gasteiger partial charge in [-0.05, 0) is 19.3 Å². The van der Waals surface area contributed by atoms with Crippen LogP contribution in [-0.4, -0.2) is 39.6 Å². The number of rotatable bonds is 2. The number of aromatic nitrogens is 2. The molecule has 2 amide bonds. The molecule has 1 radical (unpaired) electrons. The maximum absolute atomic E-state index is 12.1. The number of nitrogens with two attached hydrogens (primary N) is 1. The maximum Gasteiger partial charge on any atom is 0.272 e. The molecule has 0 unspecified atom stereocenters. The van der Waals surface area contributed by atoms with Crippen molar-refractivity contribution in [3.05, 3.63) is 17.5 Å². The number of carbonyl (C=O) groups is 2. The van der Waals surface area contributed by atoms with Crippen LogP contribution in [0.1, 0.15) is 40.2 Å². The van der Waals surface area contributed by atoms with Gasteiger partial charge in [0.1, 0.15) is 5.69 Å². The number of likely N-dealkylation sites (tertiary alicyclic amines) is 1. The number of primary amides is 1. The number of aryl methyl sites for hydroxylation is 1. The molecular weight excluding hydrogens is 220 g/mol. The lowest BCUT2D eigenvalue weighted by Gasteiger charge is -2.26. The number of amides is 2. The fourth-order valence-electron chi connectivity index (χ4n) is 1.97. The van der Waals surface area contributed by atoms with E-state index in [0.29, 0.717) is 5.69 Å². The molecule has 0 atom stereocenters. The Morgan fingerprint density at radius 2 is 1.94 bits per heavy atom. The van der Waals surface area contributed by atoms with Gasteiger partial charge in [-0.3, -0.25) is 14.3 Å². The van der Waals surface area contributed by atoms with E-state index < -0.39 is 5.91 Å². The van der Waals surface area contributed by atoms with Crippen LogP contribution < -0.4 is 5.73 Å². The SMILES string of the molecule is Cn1nc(C(N)=O)[c]c1C(=O)N1CCCCC1. The molecule has 2 rings (SSSR count). The van der Waals surface area contributed by atoms with Crippen LogP contribution >= 0.6 is 0 Å². The average molecular weight is 235 g/mol. The summed E-state index contributed by atoms with van der Waals surface area (Å²) in [5.74, 6) is -0.800. The summed E-state index contributed by atoms with van der Waals surface area (Å²) >= 11 is 0. The standard InChI is InChI=1S/C11H15N4O2/c1-14-9(7-8(13-14)10(12)16)11(17)15-5-3-2-4-6-15/h2-6H2,1H3,(H2,12,16). The molecule has 1 aliphatic rings. The van der Waals surface area contributed by atoms with Gasteiger partial charge in [-0.25, -0.2) is 0 Å². The number of nitrogens with zero attached hydrogens (tertiary/aromatic N) is 3. The Morgan fingerprint density at radius 1 is 1.29 bits per heavy atom. The van der Waals surface area contributed by atoms with E-state index in [1.54, 1.807) is 11.9 Å². The quantitative estimate of drug-likeness (QED) is 0.780. The summed E-state index contributed by atoms with van der Waals surface area (Å²) in [6.07, 6.45) is 3.20. The molecule has 2 heterocycles. The van der Waals surface area contributed by atoms with Gasteiger partial charge in [0.2, 0.25) is 0 Å². The van der Waals surface area contributed by atoms with E-state index in [-0.39, 0.29) is 11.6 Å². The van der Waals surface area contributed by atoms with Crippen molar-refractivity contribution in [2.45, 2.75) is 19.3 Å². The van der Waals surface area contributed by atoms with Crippen LogP contribution in [0.15, 0.2) is 0 Å². The van der Waals surface area contributed by atoms with E-state index in [1.807, 2.05) is 0 Å². The highest BCUT2D eigenvalue weighted by molar-refractivity contribution is 5.96. The highest BCUT2D eigenvalue weighted by Crippen LogP contribution is 2.13. The molecule has 91 valence electrons. The number of hydrogen-bond acceptors (Lipinski definition) is 3. The lowest BCUT2D eigenvalue weighted by Crippen LogP contribution is -2.36. The summed E-state index contributed by atoms with van der Waals surface area (Å²) in [6.45, 7) is 1.51. The molecule has 0 aromatic carbocycles. The molecule has 0 saturated carbocycles. The second-order valence-corrected chi connectivity index (χ2v) is 4.16. The summed E-state index contributed by atoms with van der Waals surface area (Å²) in [5, 5.41) is 3.87. The Kier molecular flexibility index (Phi) is 3.12. The predicted molar refractivity (Wildman–Crippen MR) is 60.3 cm³/mol. The van der Waals surface area contributed by atoms with E-state index in [9.17, 15) is 9.59 Å². The summed E-state index contributed by atoms with van der Waals surface area (Å²) in [7, 11) is 1.61. The summed E-state index contributed by atoms with van der Waals surface area (Å²) in [4.78, 5) is 24.9. The number of carbonyl (C=O) groups excluding carboxylic acids is 2. The van der Waals surface area contributed by atoms with Crippen molar-refractivity contribution in [1.82, 2.24) is 14.7 Å². The van der Waals surface area contributed by atoms with Crippen molar-refractivity contribution in [1.29, 1.82) is 0 Å². The highest BCUT2D eigenvalue weighted by atomic mass is 16.2. The van der Waals surface area contributed by atoms with Crippen molar-refractivity contribution in [3.63, 3.8) is 0 Å². The van der Waals surface area contributed by atoms with Crippen LogP contribution in [0.25, 0.3) is 0 Å². The van der Waals surface area contributed by atoms with Gasteiger partial charge in [0, 0.05) is 20.1 Å². The Labute approximate surface area is 99.4 Å². The second-order valence-electron chi connectivity index (χ2n) is 4.16. The highest BCUT2D eigenvalue weighted by Gasteiger charge is 2.23. The van der Waals surface area contributed by atoms with Gasteiger partial charge in [-0.15, -0.1) is 0 Å². The van der Waals surface area contributed by atoms with E-state index >= 15 is 0 Å². The Hall–Kier alpha value is -1.85. The van der Waals surface area contributed by atoms with Crippen LogP contribution in [0.3, 0.4) is 0 Å². The van der Waals surface area contributed by atoms with E-state index in [0.717, 1.165) is 32.4 Å². The third-order valence-electron chi connectivity index (χ3n) is 2.89. The summed E-state index contributed by atoms with van der Waals surface area (Å²) in [5.41, 5.74) is 5.40. The first kappa shape index (κ1) is 11.6. The van der Waals surface area contributed by atoms with Crippen molar-refractivity contribution in [3.8, 4) is 0 Å². The van der Waals surface area contributed by atoms with E-state index in [2.05, 4.69) is 11.2 Å². The molecule has 1 fully saturated rings. The molecule has 2 N–H and O–H groups in total. The topological polar surface area (TPSA) is 81.2 Å². The molecule has 6 heteroatoms. The van der Waals surface area contributed by atoms with Crippen molar-refractivity contribution in [2.24, 2.45) is 12.8 Å². The smallest absolute Gasteiger partial charge is 0.272 e. The van der Waals surface area contributed by atoms with Gasteiger partial charge in [0.25, 0.3) is 11.8 Å². The lowest BCUT2D eigenvalue weighted by atomic mass is 10.1. The minimum absolute atomic E-state index is 0.00728. The van der Waals surface area contributed by atoms with Gasteiger partial charge in [0.15, 0.2) is 5.69 Å². The Bertz CT molecular complexity index is 446. The lowest BCUT2D eigenvalue weighted by molar-refractivity contribution is 0.0712. The minimum Gasteiger partial charge on any atom is -0.364 e. The number of hydrogen-bond donors (Lipinski definition) is 1. The van der Waals surface area contributed by atoms with Gasteiger partial charge >= 0.3 is 0 Å².